The molecule has 0 aliphatic rings. The van der Waals surface area contributed by atoms with Gasteiger partial charge in [0.05, 0.1) is 6.21 Å². The summed E-state index contributed by atoms with van der Waals surface area (Å²) in [4.78, 5) is 15.3. The number of carbonyl (C=O) groups is 1. The van der Waals surface area contributed by atoms with Gasteiger partial charge in [-0.05, 0) is 0 Å². The Labute approximate surface area is 100 Å². The van der Waals surface area contributed by atoms with E-state index in [1.54, 1.807) is 0 Å². The lowest BCUT2D eigenvalue weighted by molar-refractivity contribution is -0.114. The summed E-state index contributed by atoms with van der Waals surface area (Å²) in [5.74, 6) is -0.871. The van der Waals surface area contributed by atoms with Crippen LogP contribution in [-0.4, -0.2) is 28.7 Å². The third-order valence-corrected chi connectivity index (χ3v) is 1.17. The molecule has 0 saturated carbocycles. The van der Waals surface area contributed by atoms with Crippen molar-refractivity contribution in [1.82, 2.24) is 5.43 Å². The van der Waals surface area contributed by atoms with Gasteiger partial charge in [-0.25, -0.2) is 5.43 Å². The molecule has 6 nitrogen and oxygen atoms in total. The molecule has 0 atom stereocenters. The summed E-state index contributed by atoms with van der Waals surface area (Å²) >= 11 is 15.9. The Hall–Kier alpha value is -1.03. The first-order chi connectivity index (χ1) is 6.90. The molecule has 0 rings (SSSR count). The second-order valence-electron chi connectivity index (χ2n) is 1.98. The fraction of sp³-hybridized carbons (Fsp3) is 0.333. The van der Waals surface area contributed by atoms with E-state index in [-0.39, 0.29) is 0 Å². The summed E-state index contributed by atoms with van der Waals surface area (Å²) in [6.07, 6.45) is 0.858. The Morgan fingerprint density at radius 3 is 2.60 bits per heavy atom. The predicted molar refractivity (Wildman–Crippen MR) is 57.0 cm³/mol. The normalized spacial score (nSPS) is 12.3. The summed E-state index contributed by atoms with van der Waals surface area (Å²) in [5.41, 5.74) is 1.42. The molecule has 1 N–H and O–H groups in total. The average Bonchev–Trinajstić information content (AvgIpc) is 2.11. The van der Waals surface area contributed by atoms with Gasteiger partial charge in [-0.2, -0.15) is 10.4 Å². The molecular weight excluding hydrogens is 266 g/mol. The monoisotopic (exact) mass is 270 g/mol. The van der Waals surface area contributed by atoms with Crippen molar-refractivity contribution in [3.63, 3.8) is 0 Å². The molecule has 9 heteroatoms. The Morgan fingerprint density at radius 2 is 2.20 bits per heavy atom. The minimum atomic E-state index is -1.72. The first-order valence-corrected chi connectivity index (χ1v) is 4.46. The number of hydrazone groups is 1. The lowest BCUT2D eigenvalue weighted by Crippen LogP contribution is -2.27. The Bertz CT molecular complexity index is 328. The summed E-state index contributed by atoms with van der Waals surface area (Å²) in [5, 5.41) is 14.8. The minimum absolute atomic E-state index is 0.501. The summed E-state index contributed by atoms with van der Waals surface area (Å²) in [6, 6.07) is 1.49. The van der Waals surface area contributed by atoms with E-state index in [1.165, 1.54) is 13.2 Å². The van der Waals surface area contributed by atoms with E-state index in [4.69, 9.17) is 40.1 Å². The fourth-order valence-corrected chi connectivity index (χ4v) is 0.567. The first-order valence-electron chi connectivity index (χ1n) is 3.33. The molecule has 0 aromatic rings. The van der Waals surface area contributed by atoms with E-state index in [9.17, 15) is 4.79 Å². The van der Waals surface area contributed by atoms with Crippen molar-refractivity contribution in [2.24, 2.45) is 10.3 Å². The van der Waals surface area contributed by atoms with Crippen LogP contribution in [0.15, 0.2) is 10.3 Å². The van der Waals surface area contributed by atoms with Crippen LogP contribution in [0.2, 0.25) is 0 Å². The van der Waals surface area contributed by atoms with Gasteiger partial charge in [0, 0.05) is 0 Å². The van der Waals surface area contributed by atoms with Crippen molar-refractivity contribution in [3.05, 3.63) is 0 Å². The number of nitriles is 1. The summed E-state index contributed by atoms with van der Waals surface area (Å²) in [6.45, 7) is 0. The van der Waals surface area contributed by atoms with Crippen LogP contribution < -0.4 is 5.43 Å². The van der Waals surface area contributed by atoms with Crippen LogP contribution in [0, 0.1) is 11.3 Å². The largest absolute Gasteiger partial charge is 0.398 e. The maximum atomic E-state index is 11.1. The van der Waals surface area contributed by atoms with Gasteiger partial charge in [0.25, 0.3) is 0 Å². The van der Waals surface area contributed by atoms with Crippen LogP contribution in [0.5, 0.6) is 0 Å². The molecule has 1 amide bonds. The van der Waals surface area contributed by atoms with Gasteiger partial charge in [0.1, 0.15) is 13.2 Å². The molecule has 82 valence electrons. The molecular formula is C6H5Cl3N4O2. The molecule has 0 aliphatic carbocycles. The van der Waals surface area contributed by atoms with E-state index in [2.05, 4.69) is 15.1 Å². The minimum Gasteiger partial charge on any atom is -0.398 e. The highest BCUT2D eigenvalue weighted by molar-refractivity contribution is 6.74. The van der Waals surface area contributed by atoms with Crippen molar-refractivity contribution in [2.45, 2.75) is 3.79 Å². The molecule has 0 aromatic carbocycles. The number of amides is 1. The Kier molecular flexibility index (Phi) is 6.01. The maximum Gasteiger partial charge on any atom is 0.304 e. The van der Waals surface area contributed by atoms with Gasteiger partial charge in [-0.15, -0.1) is 0 Å². The number of nitrogens with one attached hydrogen (secondary N) is 1. The highest BCUT2D eigenvalue weighted by Crippen LogP contribution is 2.22. The third-order valence-electron chi connectivity index (χ3n) is 0.881. The van der Waals surface area contributed by atoms with E-state index in [0.29, 0.717) is 0 Å². The van der Waals surface area contributed by atoms with Crippen molar-refractivity contribution < 1.29 is 9.63 Å². The van der Waals surface area contributed by atoms with E-state index in [0.717, 1.165) is 6.21 Å². The van der Waals surface area contributed by atoms with Crippen LogP contribution in [0.4, 0.5) is 0 Å². The number of hydrogen-bond donors (Lipinski definition) is 1. The van der Waals surface area contributed by atoms with Gasteiger partial charge >= 0.3 is 5.91 Å². The molecule has 0 radical (unpaired) electrons. The van der Waals surface area contributed by atoms with Gasteiger partial charge in [0.2, 0.25) is 9.50 Å². The topological polar surface area (TPSA) is 86.8 Å². The summed E-state index contributed by atoms with van der Waals surface area (Å²) < 4.78 is -1.72. The molecule has 0 aliphatic heterocycles. The smallest absolute Gasteiger partial charge is 0.304 e. The van der Waals surface area contributed by atoms with Crippen molar-refractivity contribution in [1.29, 1.82) is 5.26 Å². The van der Waals surface area contributed by atoms with E-state index >= 15 is 0 Å². The van der Waals surface area contributed by atoms with Gasteiger partial charge < -0.3 is 4.84 Å². The van der Waals surface area contributed by atoms with Crippen molar-refractivity contribution in [2.75, 3.05) is 7.11 Å². The number of nitrogens with zero attached hydrogens (tertiary/aromatic N) is 3. The quantitative estimate of drug-likeness (QED) is 0.471. The predicted octanol–water partition coefficient (Wildman–Crippen LogP) is 0.985. The number of alkyl halides is 3. The molecule has 0 aromatic heterocycles. The first kappa shape index (κ1) is 14.0. The average molecular weight is 271 g/mol. The highest BCUT2D eigenvalue weighted by Gasteiger charge is 2.16. The zero-order valence-electron chi connectivity index (χ0n) is 7.37. The lowest BCUT2D eigenvalue weighted by atomic mass is 10.4. The maximum absolute atomic E-state index is 11.1. The SMILES string of the molecule is CO/N=C(\C#N)C(=O)N/N=C/C(Cl)(Cl)Cl. The molecule has 0 fully saturated rings. The fourth-order valence-electron chi connectivity index (χ4n) is 0.421. The lowest BCUT2D eigenvalue weighted by Gasteiger charge is -2.01. The third kappa shape index (κ3) is 6.96. The second kappa shape index (κ2) is 6.45. The molecule has 0 heterocycles. The second-order valence-corrected chi connectivity index (χ2v) is 4.34. The number of rotatable bonds is 3. The number of hydrogen-bond acceptors (Lipinski definition) is 5. The van der Waals surface area contributed by atoms with E-state index in [1.807, 2.05) is 5.43 Å². The highest BCUT2D eigenvalue weighted by atomic mass is 35.6. The van der Waals surface area contributed by atoms with E-state index < -0.39 is 15.4 Å². The van der Waals surface area contributed by atoms with Gasteiger partial charge in [-0.1, -0.05) is 40.0 Å². The zero-order chi connectivity index (χ0) is 11.9. The molecule has 0 saturated heterocycles. The molecule has 0 bridgehead atoms. The van der Waals surface area contributed by atoms with Gasteiger partial charge in [-0.3, -0.25) is 4.79 Å². The van der Waals surface area contributed by atoms with Crippen molar-refractivity contribution in [3.8, 4) is 6.07 Å². The van der Waals surface area contributed by atoms with Crippen LogP contribution in [-0.2, 0) is 9.63 Å². The molecule has 0 spiro atoms. The van der Waals surface area contributed by atoms with Crippen molar-refractivity contribution >= 4 is 52.6 Å². The van der Waals surface area contributed by atoms with Crippen LogP contribution in [0.3, 0.4) is 0 Å². The number of oxime groups is 1. The number of halogens is 3. The zero-order valence-corrected chi connectivity index (χ0v) is 9.64. The molecule has 15 heavy (non-hydrogen) atoms. The number of carbonyl (C=O) groups excluding carboxylic acids is 1. The van der Waals surface area contributed by atoms with Crippen LogP contribution in [0.1, 0.15) is 0 Å². The Morgan fingerprint density at radius 1 is 1.60 bits per heavy atom. The van der Waals surface area contributed by atoms with Crippen LogP contribution in [0.25, 0.3) is 0 Å². The van der Waals surface area contributed by atoms with Gasteiger partial charge in [0.15, 0.2) is 0 Å². The van der Waals surface area contributed by atoms with Crippen LogP contribution >= 0.6 is 34.8 Å². The molecule has 0 unspecified atom stereocenters. The Balaban J connectivity index is 4.34. The summed E-state index contributed by atoms with van der Waals surface area (Å²) in [7, 11) is 1.19. The standard InChI is InChI=1S/C6H5Cl3N4O2/c1-15-13-4(2-10)5(14)12-11-3-6(7,8)9/h3H,1H3,(H,12,14)/b11-3+,13-4+.